The van der Waals surface area contributed by atoms with Crippen LogP contribution in [-0.2, 0) is 4.79 Å². The molecule has 0 spiro atoms. The van der Waals surface area contributed by atoms with Gasteiger partial charge in [-0.25, -0.2) is 5.43 Å². The van der Waals surface area contributed by atoms with Gasteiger partial charge in [0.25, 0.3) is 5.91 Å². The van der Waals surface area contributed by atoms with E-state index in [1.165, 1.54) is 25.5 Å². The predicted octanol–water partition coefficient (Wildman–Crippen LogP) is 2.60. The molecule has 0 heterocycles. The summed E-state index contributed by atoms with van der Waals surface area (Å²) >= 11 is 3.13. The van der Waals surface area contributed by atoms with Crippen molar-refractivity contribution in [3.63, 3.8) is 0 Å². The molecule has 10 heteroatoms. The minimum absolute atomic E-state index is 0.0391. The van der Waals surface area contributed by atoms with E-state index in [2.05, 4.69) is 26.5 Å². The third-order valence-electron chi connectivity index (χ3n) is 3.12. The number of hydrogen-bond acceptors (Lipinski definition) is 7. The van der Waals surface area contributed by atoms with E-state index in [1.807, 2.05) is 0 Å². The summed E-state index contributed by atoms with van der Waals surface area (Å²) < 4.78 is 10.6. The van der Waals surface area contributed by atoms with Gasteiger partial charge in [0.15, 0.2) is 23.9 Å². The van der Waals surface area contributed by atoms with Crippen LogP contribution < -0.4 is 14.9 Å². The number of para-hydroxylation sites is 1. The van der Waals surface area contributed by atoms with Gasteiger partial charge in [0, 0.05) is 16.1 Å². The first kappa shape index (κ1) is 19.2. The molecule has 2 aromatic rings. The van der Waals surface area contributed by atoms with Crippen LogP contribution in [-0.4, -0.2) is 35.9 Å². The van der Waals surface area contributed by atoms with Crippen molar-refractivity contribution in [2.24, 2.45) is 5.10 Å². The fraction of sp³-hybridized carbons (Fsp3) is 0.125. The number of ether oxygens (including phenoxy) is 2. The lowest BCUT2D eigenvalue weighted by atomic mass is 10.2. The van der Waals surface area contributed by atoms with E-state index < -0.39 is 17.4 Å². The Balaban J connectivity index is 1.95. The highest BCUT2D eigenvalue weighted by Gasteiger charge is 2.16. The number of phenols is 1. The van der Waals surface area contributed by atoms with Crippen LogP contribution in [0.3, 0.4) is 0 Å². The first-order chi connectivity index (χ1) is 12.4. The topological polar surface area (TPSA) is 123 Å². The normalized spacial score (nSPS) is 10.5. The van der Waals surface area contributed by atoms with Crippen LogP contribution in [0.2, 0.25) is 0 Å². The van der Waals surface area contributed by atoms with Gasteiger partial charge in [-0.3, -0.25) is 14.9 Å². The number of aromatic hydroxyl groups is 1. The summed E-state index contributed by atoms with van der Waals surface area (Å²) in [6.07, 6.45) is 1.23. The molecule has 0 saturated carbocycles. The molecule has 0 aliphatic rings. The number of benzene rings is 2. The average molecular weight is 424 g/mol. The van der Waals surface area contributed by atoms with Gasteiger partial charge in [0.2, 0.25) is 0 Å². The lowest BCUT2D eigenvalue weighted by Gasteiger charge is -2.06. The fourth-order valence-electron chi connectivity index (χ4n) is 1.91. The Morgan fingerprint density at radius 1 is 1.38 bits per heavy atom. The van der Waals surface area contributed by atoms with Crippen LogP contribution >= 0.6 is 15.9 Å². The minimum Gasteiger partial charge on any atom is -0.504 e. The summed E-state index contributed by atoms with van der Waals surface area (Å²) in [7, 11) is 1.41. The van der Waals surface area contributed by atoms with E-state index in [0.29, 0.717) is 10.0 Å². The number of rotatable bonds is 7. The molecule has 0 radical (unpaired) electrons. The molecule has 26 heavy (non-hydrogen) atoms. The lowest BCUT2D eigenvalue weighted by Crippen LogP contribution is -2.24. The van der Waals surface area contributed by atoms with Crippen molar-refractivity contribution in [3.8, 4) is 17.2 Å². The van der Waals surface area contributed by atoms with Crippen LogP contribution in [0, 0.1) is 10.1 Å². The van der Waals surface area contributed by atoms with Gasteiger partial charge >= 0.3 is 5.69 Å². The molecule has 0 unspecified atom stereocenters. The Bertz CT molecular complexity index is 856. The van der Waals surface area contributed by atoms with Crippen molar-refractivity contribution in [2.75, 3.05) is 13.7 Å². The van der Waals surface area contributed by atoms with Gasteiger partial charge < -0.3 is 14.6 Å². The van der Waals surface area contributed by atoms with E-state index in [9.17, 15) is 20.0 Å². The van der Waals surface area contributed by atoms with E-state index >= 15 is 0 Å². The number of nitrogens with one attached hydrogen (secondary N) is 1. The van der Waals surface area contributed by atoms with Gasteiger partial charge in [0.1, 0.15) is 0 Å². The van der Waals surface area contributed by atoms with Crippen molar-refractivity contribution in [2.45, 2.75) is 0 Å². The zero-order chi connectivity index (χ0) is 19.1. The monoisotopic (exact) mass is 423 g/mol. The Morgan fingerprint density at radius 2 is 2.15 bits per heavy atom. The molecule has 0 saturated heterocycles. The zero-order valence-electron chi connectivity index (χ0n) is 13.5. The number of hydrazone groups is 1. The Hall–Kier alpha value is -3.14. The number of methoxy groups -OCH3 is 1. The van der Waals surface area contributed by atoms with Crippen molar-refractivity contribution >= 4 is 33.7 Å². The number of nitro benzene ring substituents is 1. The molecular formula is C16H14BrN3O6. The number of halogens is 1. The maximum absolute atomic E-state index is 11.7. The van der Waals surface area contributed by atoms with Gasteiger partial charge in [-0.2, -0.15) is 5.10 Å². The van der Waals surface area contributed by atoms with Crippen LogP contribution in [0.15, 0.2) is 46.0 Å². The minimum atomic E-state index is -0.624. The number of phenolic OH excluding ortho intramolecular Hbond substituents is 1. The summed E-state index contributed by atoms with van der Waals surface area (Å²) in [6.45, 7) is -0.468. The molecule has 2 rings (SSSR count). The number of amides is 1. The highest BCUT2D eigenvalue weighted by molar-refractivity contribution is 9.10. The summed E-state index contributed by atoms with van der Waals surface area (Å²) in [5, 5.41) is 24.6. The van der Waals surface area contributed by atoms with Crippen LogP contribution in [0.5, 0.6) is 17.2 Å². The van der Waals surface area contributed by atoms with Crippen LogP contribution in [0.4, 0.5) is 5.69 Å². The van der Waals surface area contributed by atoms with E-state index in [-0.39, 0.29) is 22.9 Å². The van der Waals surface area contributed by atoms with Crippen molar-refractivity contribution < 1.29 is 24.3 Å². The van der Waals surface area contributed by atoms with Crippen molar-refractivity contribution in [1.29, 1.82) is 0 Å². The maximum Gasteiger partial charge on any atom is 0.312 e. The first-order valence-corrected chi connectivity index (χ1v) is 7.96. The molecule has 0 aliphatic carbocycles. The lowest BCUT2D eigenvalue weighted by molar-refractivity contribution is -0.385. The molecule has 0 aromatic heterocycles. The van der Waals surface area contributed by atoms with Crippen LogP contribution in [0.25, 0.3) is 0 Å². The Morgan fingerprint density at radius 3 is 2.85 bits per heavy atom. The molecule has 2 aromatic carbocycles. The van der Waals surface area contributed by atoms with Gasteiger partial charge in [-0.15, -0.1) is 0 Å². The molecular weight excluding hydrogens is 410 g/mol. The maximum atomic E-state index is 11.7. The second-order valence-electron chi connectivity index (χ2n) is 4.85. The molecule has 0 atom stereocenters. The molecule has 9 nitrogen and oxygen atoms in total. The summed E-state index contributed by atoms with van der Waals surface area (Å²) in [5.41, 5.74) is 2.28. The largest absolute Gasteiger partial charge is 0.504 e. The van der Waals surface area contributed by atoms with E-state index in [4.69, 9.17) is 9.47 Å². The third kappa shape index (κ3) is 4.93. The number of nitrogens with zero attached hydrogens (tertiary/aromatic N) is 2. The van der Waals surface area contributed by atoms with Gasteiger partial charge in [-0.1, -0.05) is 22.0 Å². The Labute approximate surface area is 156 Å². The molecule has 0 bridgehead atoms. The number of nitro groups is 1. The quantitative estimate of drug-likeness (QED) is 0.400. The molecule has 0 aliphatic heterocycles. The van der Waals surface area contributed by atoms with Crippen LogP contribution in [0.1, 0.15) is 5.56 Å². The molecule has 1 amide bonds. The smallest absolute Gasteiger partial charge is 0.312 e. The number of carbonyl (C=O) groups is 1. The van der Waals surface area contributed by atoms with Gasteiger partial charge in [0.05, 0.1) is 18.2 Å². The highest BCUT2D eigenvalue weighted by Crippen LogP contribution is 2.30. The third-order valence-corrected chi connectivity index (χ3v) is 3.61. The summed E-state index contributed by atoms with van der Waals surface area (Å²) in [4.78, 5) is 22.1. The molecule has 2 N–H and O–H groups in total. The SMILES string of the molecule is COc1cccc(/C=N\NC(=O)COc2ccc(Br)cc2[N+](=O)[O-])c1O. The fourth-order valence-corrected chi connectivity index (χ4v) is 2.26. The zero-order valence-corrected chi connectivity index (χ0v) is 15.1. The standard InChI is InChI=1S/C16H14BrN3O6/c1-25-14-4-2-3-10(16(14)22)8-18-19-15(21)9-26-13-6-5-11(17)7-12(13)20(23)24/h2-8,22H,9H2,1H3,(H,19,21)/b18-8-. The van der Waals surface area contributed by atoms with Gasteiger partial charge in [-0.05, 0) is 24.3 Å². The molecule has 0 fully saturated rings. The number of carbonyl (C=O) groups excluding carboxylic acids is 1. The summed E-state index contributed by atoms with van der Waals surface area (Å²) in [6, 6.07) is 9.02. The van der Waals surface area contributed by atoms with Crippen molar-refractivity contribution in [1.82, 2.24) is 5.43 Å². The highest BCUT2D eigenvalue weighted by atomic mass is 79.9. The first-order valence-electron chi connectivity index (χ1n) is 7.17. The predicted molar refractivity (Wildman–Crippen MR) is 96.7 cm³/mol. The van der Waals surface area contributed by atoms with Crippen molar-refractivity contribution in [3.05, 3.63) is 56.5 Å². The average Bonchev–Trinajstić information content (AvgIpc) is 2.62. The van der Waals surface area contributed by atoms with E-state index in [1.54, 1.807) is 24.3 Å². The Kier molecular flexibility index (Phi) is 6.50. The second kappa shape index (κ2) is 8.81. The van der Waals surface area contributed by atoms with E-state index in [0.717, 1.165) is 0 Å². The second-order valence-corrected chi connectivity index (χ2v) is 5.76. The molecule has 136 valence electrons. The summed E-state index contributed by atoms with van der Waals surface area (Å²) in [5.74, 6) is -0.510. The number of hydrogen-bond donors (Lipinski definition) is 2.